The van der Waals surface area contributed by atoms with Crippen LogP contribution in [0.5, 0.6) is 0 Å². The molecule has 28 heavy (non-hydrogen) atoms. The summed E-state index contributed by atoms with van der Waals surface area (Å²) in [7, 11) is 1.10. The number of likely N-dealkylation sites (tertiary alicyclic amines) is 1. The summed E-state index contributed by atoms with van der Waals surface area (Å²) in [4.78, 5) is 12.7. The third-order valence-electron chi connectivity index (χ3n) is 5.16. The molecule has 2 atom stereocenters. The Morgan fingerprint density at radius 2 is 1.46 bits per heavy atom. The number of alkyl halides is 2. The smallest absolute Gasteiger partial charge is 0.323 e. The van der Waals surface area contributed by atoms with Gasteiger partial charge >= 0.3 is 12.0 Å². The Kier molecular flexibility index (Phi) is 5.13. The molecule has 2 aromatic rings. The molecule has 0 bridgehead atoms. The van der Waals surface area contributed by atoms with Crippen LogP contribution in [0.25, 0.3) is 0 Å². The summed E-state index contributed by atoms with van der Waals surface area (Å²) >= 11 is 0. The Bertz CT molecular complexity index is 896. The maximum absolute atomic E-state index is 15.4. The first kappa shape index (κ1) is 19.5. The van der Waals surface area contributed by atoms with Crippen LogP contribution in [-0.2, 0) is 15.1 Å². The minimum atomic E-state index is -3.73. The Morgan fingerprint density at radius 1 is 1.00 bits per heavy atom. The number of methoxy groups -OCH3 is 1. The molecule has 1 heterocycles. The van der Waals surface area contributed by atoms with Gasteiger partial charge in [0, 0.05) is 0 Å². The zero-order chi connectivity index (χ0) is 20.4. The molecule has 1 saturated heterocycles. The first-order chi connectivity index (χ1) is 13.4. The van der Waals surface area contributed by atoms with Crippen LogP contribution >= 0.6 is 0 Å². The van der Waals surface area contributed by atoms with Gasteiger partial charge < -0.3 is 4.74 Å². The molecule has 7 heteroatoms. The third kappa shape index (κ3) is 2.72. The number of nitriles is 2. The van der Waals surface area contributed by atoms with Gasteiger partial charge in [-0.2, -0.15) is 19.3 Å². The Balaban J connectivity index is 2.40. The maximum atomic E-state index is 15.4. The van der Waals surface area contributed by atoms with Crippen LogP contribution in [0.15, 0.2) is 60.7 Å². The first-order valence-corrected chi connectivity index (χ1v) is 8.57. The monoisotopic (exact) mass is 381 g/mol. The van der Waals surface area contributed by atoms with Crippen molar-refractivity contribution in [2.75, 3.05) is 13.7 Å². The van der Waals surface area contributed by atoms with Gasteiger partial charge in [0.15, 0.2) is 0 Å². The van der Waals surface area contributed by atoms with Crippen molar-refractivity contribution in [3.05, 3.63) is 71.8 Å². The Labute approximate surface area is 161 Å². The highest BCUT2D eigenvalue weighted by Crippen LogP contribution is 2.58. The number of benzene rings is 2. The quantitative estimate of drug-likeness (QED) is 0.600. The number of halogens is 2. The van der Waals surface area contributed by atoms with Crippen LogP contribution < -0.4 is 0 Å². The molecule has 1 aliphatic rings. The minimum Gasteiger partial charge on any atom is -0.468 e. The fraction of sp³-hybridized carbons (Fsp3) is 0.286. The van der Waals surface area contributed by atoms with E-state index in [1.165, 1.54) is 0 Å². The molecule has 2 aromatic carbocycles. The molecule has 142 valence electrons. The average Bonchev–Trinajstić information content (AvgIpc) is 2.92. The van der Waals surface area contributed by atoms with E-state index in [1.54, 1.807) is 66.7 Å². The first-order valence-electron chi connectivity index (χ1n) is 8.57. The largest absolute Gasteiger partial charge is 0.468 e. The second-order valence-corrected chi connectivity index (χ2v) is 6.46. The fourth-order valence-electron chi connectivity index (χ4n) is 3.98. The van der Waals surface area contributed by atoms with Crippen LogP contribution in [0.1, 0.15) is 11.1 Å². The van der Waals surface area contributed by atoms with Crippen LogP contribution in [0, 0.1) is 34.5 Å². The Hall–Kier alpha value is -3.29. The lowest BCUT2D eigenvalue weighted by molar-refractivity contribution is -0.176. The fourth-order valence-corrected chi connectivity index (χ4v) is 3.98. The van der Waals surface area contributed by atoms with E-state index in [9.17, 15) is 15.3 Å². The second-order valence-electron chi connectivity index (χ2n) is 6.46. The van der Waals surface area contributed by atoms with Gasteiger partial charge in [0.25, 0.3) is 0 Å². The van der Waals surface area contributed by atoms with Gasteiger partial charge in [0.2, 0.25) is 0 Å². The molecule has 0 amide bonds. The predicted octanol–water partition coefficient (Wildman–Crippen LogP) is 3.29. The van der Waals surface area contributed by atoms with E-state index in [0.717, 1.165) is 7.11 Å². The summed E-state index contributed by atoms with van der Waals surface area (Å²) in [6.07, 6.45) is 0. The molecule has 2 unspecified atom stereocenters. The molecule has 0 N–H and O–H groups in total. The molecular weight excluding hydrogens is 364 g/mol. The van der Waals surface area contributed by atoms with Gasteiger partial charge in [0.1, 0.15) is 12.5 Å². The van der Waals surface area contributed by atoms with Crippen molar-refractivity contribution in [1.29, 1.82) is 10.5 Å². The SMILES string of the molecule is COC(=O)CN1C(F)(F)C(C#N)C(C#N)C1(c1ccccc1)c1ccccc1. The molecule has 0 spiro atoms. The molecule has 0 aliphatic carbocycles. The van der Waals surface area contributed by atoms with Gasteiger partial charge in [-0.25, -0.2) is 4.90 Å². The van der Waals surface area contributed by atoms with Crippen molar-refractivity contribution in [1.82, 2.24) is 4.90 Å². The number of hydrogen-bond acceptors (Lipinski definition) is 5. The number of ether oxygens (including phenoxy) is 1. The Morgan fingerprint density at radius 3 is 1.86 bits per heavy atom. The summed E-state index contributed by atoms with van der Waals surface area (Å²) in [6, 6.07) is 16.4. The standard InChI is InChI=1S/C21H17F2N3O2/c1-28-19(27)14-26-20(15-8-4-2-5-9-15,16-10-6-3-7-11-16)17(12-24)18(13-25)21(26,22)23/h2-11,17-18H,14H2,1H3. The third-order valence-corrected chi connectivity index (χ3v) is 5.16. The van der Waals surface area contributed by atoms with Crippen molar-refractivity contribution >= 4 is 5.97 Å². The topological polar surface area (TPSA) is 77.1 Å². The van der Waals surface area contributed by atoms with E-state index < -0.39 is 35.9 Å². The van der Waals surface area contributed by atoms with Gasteiger partial charge in [-0.05, 0) is 11.1 Å². The van der Waals surface area contributed by atoms with E-state index >= 15 is 8.78 Å². The summed E-state index contributed by atoms with van der Waals surface area (Å²) in [5.41, 5.74) is -0.904. The zero-order valence-electron chi connectivity index (χ0n) is 15.0. The van der Waals surface area contributed by atoms with Crippen LogP contribution in [0.4, 0.5) is 8.78 Å². The number of nitrogens with zero attached hydrogens (tertiary/aromatic N) is 3. The number of rotatable bonds is 4. The maximum Gasteiger partial charge on any atom is 0.323 e. The molecular formula is C21H17F2N3O2. The second kappa shape index (κ2) is 7.38. The van der Waals surface area contributed by atoms with Crippen molar-refractivity contribution in [3.63, 3.8) is 0 Å². The van der Waals surface area contributed by atoms with Gasteiger partial charge in [-0.1, -0.05) is 60.7 Å². The van der Waals surface area contributed by atoms with E-state index in [2.05, 4.69) is 4.74 Å². The van der Waals surface area contributed by atoms with Gasteiger partial charge in [-0.3, -0.25) is 4.79 Å². The highest BCUT2D eigenvalue weighted by atomic mass is 19.3. The van der Waals surface area contributed by atoms with Crippen LogP contribution in [0.2, 0.25) is 0 Å². The van der Waals surface area contributed by atoms with E-state index in [-0.39, 0.29) is 0 Å². The number of carbonyl (C=O) groups is 1. The molecule has 0 radical (unpaired) electrons. The van der Waals surface area contributed by atoms with Gasteiger partial charge in [-0.15, -0.1) is 0 Å². The highest BCUT2D eigenvalue weighted by Gasteiger charge is 2.70. The lowest BCUT2D eigenvalue weighted by atomic mass is 9.71. The molecule has 1 fully saturated rings. The van der Waals surface area contributed by atoms with Crippen molar-refractivity contribution in [2.24, 2.45) is 11.8 Å². The lowest BCUT2D eigenvalue weighted by Gasteiger charge is -2.41. The van der Waals surface area contributed by atoms with Crippen LogP contribution in [0.3, 0.4) is 0 Å². The summed E-state index contributed by atoms with van der Waals surface area (Å²) in [5, 5.41) is 19.4. The summed E-state index contributed by atoms with van der Waals surface area (Å²) < 4.78 is 35.5. The van der Waals surface area contributed by atoms with Crippen molar-refractivity contribution in [3.8, 4) is 12.1 Å². The zero-order valence-corrected chi connectivity index (χ0v) is 15.0. The molecule has 0 aromatic heterocycles. The normalized spacial score (nSPS) is 22.8. The molecule has 1 aliphatic heterocycles. The average molecular weight is 381 g/mol. The van der Waals surface area contributed by atoms with Crippen molar-refractivity contribution < 1.29 is 18.3 Å². The predicted molar refractivity (Wildman–Crippen MR) is 95.5 cm³/mol. The summed E-state index contributed by atoms with van der Waals surface area (Å²) in [6.45, 7) is -0.774. The summed E-state index contributed by atoms with van der Waals surface area (Å²) in [5.74, 6) is -4.23. The lowest BCUT2D eigenvalue weighted by Crippen LogP contribution is -2.53. The molecule has 0 saturated carbocycles. The minimum absolute atomic E-state index is 0.397. The highest BCUT2D eigenvalue weighted by molar-refractivity contribution is 5.72. The molecule has 3 rings (SSSR count). The number of carbonyl (C=O) groups excluding carboxylic acids is 1. The van der Waals surface area contributed by atoms with Gasteiger partial charge in [0.05, 0.1) is 30.7 Å². The van der Waals surface area contributed by atoms with Crippen molar-refractivity contribution in [2.45, 2.75) is 11.6 Å². The number of esters is 1. The van der Waals surface area contributed by atoms with E-state index in [1.807, 2.05) is 6.07 Å². The number of hydrogen-bond donors (Lipinski definition) is 0. The van der Waals surface area contributed by atoms with E-state index in [4.69, 9.17) is 0 Å². The molecule has 5 nitrogen and oxygen atoms in total. The van der Waals surface area contributed by atoms with Crippen LogP contribution in [-0.4, -0.2) is 30.6 Å². The van der Waals surface area contributed by atoms with E-state index in [0.29, 0.717) is 16.0 Å².